The molecule has 4 rings (SSSR count). The first-order valence-electron chi connectivity index (χ1n) is 9.81. The second kappa shape index (κ2) is 7.28. The molecule has 25 heavy (non-hydrogen) atoms. The van der Waals surface area contributed by atoms with Crippen molar-refractivity contribution in [1.29, 1.82) is 0 Å². The Morgan fingerprint density at radius 1 is 1.08 bits per heavy atom. The van der Waals surface area contributed by atoms with E-state index < -0.39 is 0 Å². The third-order valence-corrected chi connectivity index (χ3v) is 5.91. The van der Waals surface area contributed by atoms with Crippen molar-refractivity contribution >= 4 is 5.91 Å². The molecule has 2 fully saturated rings. The standard InChI is InChI=1S/C19H28N4O2/c24-18-12-16(20-17-6-2-1-3-10-23(17)18)15-7-11-22(13-15)19(25)14-21-8-4-5-9-21/h12,15H,1-11,13-14H2. The van der Waals surface area contributed by atoms with E-state index in [0.29, 0.717) is 13.1 Å². The summed E-state index contributed by atoms with van der Waals surface area (Å²) in [6.07, 6.45) is 7.57. The number of amides is 1. The van der Waals surface area contributed by atoms with Gasteiger partial charge in [0.1, 0.15) is 5.82 Å². The van der Waals surface area contributed by atoms with Crippen molar-refractivity contribution < 1.29 is 4.79 Å². The zero-order chi connectivity index (χ0) is 17.2. The van der Waals surface area contributed by atoms with Gasteiger partial charge in [-0.1, -0.05) is 6.42 Å². The lowest BCUT2D eigenvalue weighted by Crippen LogP contribution is -2.38. The van der Waals surface area contributed by atoms with Crippen molar-refractivity contribution in [3.63, 3.8) is 0 Å². The van der Waals surface area contributed by atoms with Crippen molar-refractivity contribution in [3.05, 3.63) is 27.9 Å². The number of aromatic nitrogens is 2. The molecule has 1 unspecified atom stereocenters. The number of fused-ring (bicyclic) bond motifs is 1. The Labute approximate surface area is 148 Å². The topological polar surface area (TPSA) is 58.4 Å². The number of rotatable bonds is 3. The third-order valence-electron chi connectivity index (χ3n) is 5.91. The summed E-state index contributed by atoms with van der Waals surface area (Å²) in [6, 6.07) is 1.72. The van der Waals surface area contributed by atoms with E-state index in [1.807, 2.05) is 9.47 Å². The van der Waals surface area contributed by atoms with Gasteiger partial charge >= 0.3 is 0 Å². The fourth-order valence-electron chi connectivity index (χ4n) is 4.40. The number of carbonyl (C=O) groups is 1. The van der Waals surface area contributed by atoms with Gasteiger partial charge in [-0.15, -0.1) is 0 Å². The molecule has 1 aromatic heterocycles. The highest BCUT2D eigenvalue weighted by Gasteiger charge is 2.30. The van der Waals surface area contributed by atoms with Crippen LogP contribution in [0.25, 0.3) is 0 Å². The molecule has 136 valence electrons. The van der Waals surface area contributed by atoms with E-state index in [4.69, 9.17) is 4.98 Å². The third kappa shape index (κ3) is 3.64. The largest absolute Gasteiger partial charge is 0.341 e. The molecule has 1 amide bonds. The average Bonchev–Trinajstić information content (AvgIpc) is 3.23. The molecular weight excluding hydrogens is 316 g/mol. The minimum absolute atomic E-state index is 0.0868. The molecular formula is C19H28N4O2. The van der Waals surface area contributed by atoms with E-state index in [9.17, 15) is 9.59 Å². The molecule has 0 spiro atoms. The Kier molecular flexibility index (Phi) is 4.88. The average molecular weight is 344 g/mol. The molecule has 6 heteroatoms. The van der Waals surface area contributed by atoms with Gasteiger partial charge in [0.2, 0.25) is 5.91 Å². The van der Waals surface area contributed by atoms with Gasteiger partial charge in [0, 0.05) is 38.0 Å². The normalized spacial score (nSPS) is 24.3. The number of nitrogens with zero attached hydrogens (tertiary/aromatic N) is 4. The predicted molar refractivity (Wildman–Crippen MR) is 95.7 cm³/mol. The van der Waals surface area contributed by atoms with Gasteiger partial charge in [-0.3, -0.25) is 19.1 Å². The lowest BCUT2D eigenvalue weighted by molar-refractivity contribution is -0.131. The number of hydrogen-bond donors (Lipinski definition) is 0. The van der Waals surface area contributed by atoms with Crippen LogP contribution in [0.15, 0.2) is 10.9 Å². The van der Waals surface area contributed by atoms with Crippen LogP contribution in [0.4, 0.5) is 0 Å². The molecule has 1 atom stereocenters. The maximum absolute atomic E-state index is 12.5. The van der Waals surface area contributed by atoms with Crippen molar-refractivity contribution in [3.8, 4) is 0 Å². The molecule has 0 N–H and O–H groups in total. The molecule has 0 aromatic carbocycles. The SMILES string of the molecule is O=C(CN1CCCC1)N1CCC(c2cc(=O)n3c(n2)CCCCC3)C1. The summed E-state index contributed by atoms with van der Waals surface area (Å²) in [7, 11) is 0. The van der Waals surface area contributed by atoms with Crippen LogP contribution in [0.2, 0.25) is 0 Å². The quantitative estimate of drug-likeness (QED) is 0.831. The van der Waals surface area contributed by atoms with E-state index in [2.05, 4.69) is 4.90 Å². The zero-order valence-electron chi connectivity index (χ0n) is 15.0. The molecule has 0 aliphatic carbocycles. The first-order valence-corrected chi connectivity index (χ1v) is 9.81. The Bertz CT molecular complexity index is 693. The highest BCUT2D eigenvalue weighted by Crippen LogP contribution is 2.26. The summed E-state index contributed by atoms with van der Waals surface area (Å²) in [5.74, 6) is 1.39. The van der Waals surface area contributed by atoms with Gasteiger partial charge in [0.15, 0.2) is 0 Å². The fraction of sp³-hybridized carbons (Fsp3) is 0.737. The number of aryl methyl sites for hydroxylation is 1. The fourth-order valence-corrected chi connectivity index (χ4v) is 4.40. The van der Waals surface area contributed by atoms with E-state index in [1.54, 1.807) is 6.07 Å². The summed E-state index contributed by atoms with van der Waals surface area (Å²) in [5, 5.41) is 0. The van der Waals surface area contributed by atoms with Gasteiger partial charge in [0.05, 0.1) is 12.2 Å². The van der Waals surface area contributed by atoms with E-state index in [1.165, 1.54) is 19.3 Å². The van der Waals surface area contributed by atoms with Gasteiger partial charge in [0.25, 0.3) is 5.56 Å². The Morgan fingerprint density at radius 3 is 2.72 bits per heavy atom. The van der Waals surface area contributed by atoms with Gasteiger partial charge in [-0.05, 0) is 45.2 Å². The van der Waals surface area contributed by atoms with Crippen LogP contribution in [0.5, 0.6) is 0 Å². The number of likely N-dealkylation sites (tertiary alicyclic amines) is 2. The maximum atomic E-state index is 12.5. The summed E-state index contributed by atoms with van der Waals surface area (Å²) < 4.78 is 1.85. The minimum atomic E-state index is 0.0868. The second-order valence-electron chi connectivity index (χ2n) is 7.71. The monoisotopic (exact) mass is 344 g/mol. The predicted octanol–water partition coefficient (Wildman–Crippen LogP) is 1.38. The molecule has 0 saturated carbocycles. The van der Waals surface area contributed by atoms with Crippen molar-refractivity contribution in [1.82, 2.24) is 19.4 Å². The summed E-state index contributed by atoms with van der Waals surface area (Å²) in [5.41, 5.74) is 0.985. The van der Waals surface area contributed by atoms with Crippen LogP contribution >= 0.6 is 0 Å². The minimum Gasteiger partial charge on any atom is -0.341 e. The van der Waals surface area contributed by atoms with Crippen molar-refractivity contribution in [2.45, 2.75) is 57.4 Å². The van der Waals surface area contributed by atoms with Gasteiger partial charge in [-0.25, -0.2) is 4.98 Å². The van der Waals surface area contributed by atoms with Crippen LogP contribution in [0.1, 0.15) is 56.0 Å². The lowest BCUT2D eigenvalue weighted by atomic mass is 10.0. The zero-order valence-corrected chi connectivity index (χ0v) is 15.0. The molecule has 6 nitrogen and oxygen atoms in total. The maximum Gasteiger partial charge on any atom is 0.253 e. The molecule has 0 radical (unpaired) electrons. The first-order chi connectivity index (χ1) is 12.2. The Hall–Kier alpha value is -1.69. The molecule has 4 heterocycles. The van der Waals surface area contributed by atoms with Crippen LogP contribution in [0, 0.1) is 0 Å². The first kappa shape index (κ1) is 16.8. The van der Waals surface area contributed by atoms with Crippen molar-refractivity contribution in [2.24, 2.45) is 0 Å². The Morgan fingerprint density at radius 2 is 1.88 bits per heavy atom. The van der Waals surface area contributed by atoms with Gasteiger partial charge in [-0.2, -0.15) is 0 Å². The van der Waals surface area contributed by atoms with Crippen LogP contribution < -0.4 is 5.56 Å². The highest BCUT2D eigenvalue weighted by molar-refractivity contribution is 5.78. The van der Waals surface area contributed by atoms with E-state index in [-0.39, 0.29) is 17.4 Å². The second-order valence-corrected chi connectivity index (χ2v) is 7.71. The van der Waals surface area contributed by atoms with Crippen LogP contribution in [0.3, 0.4) is 0 Å². The summed E-state index contributed by atoms with van der Waals surface area (Å²) in [4.78, 5) is 34.0. The molecule has 1 aromatic rings. The van der Waals surface area contributed by atoms with Crippen LogP contribution in [-0.2, 0) is 17.8 Å². The highest BCUT2D eigenvalue weighted by atomic mass is 16.2. The van der Waals surface area contributed by atoms with Gasteiger partial charge < -0.3 is 4.90 Å². The van der Waals surface area contributed by atoms with E-state index >= 15 is 0 Å². The smallest absolute Gasteiger partial charge is 0.253 e. The number of hydrogen-bond acceptors (Lipinski definition) is 4. The van der Waals surface area contributed by atoms with Crippen molar-refractivity contribution in [2.75, 3.05) is 32.7 Å². The van der Waals surface area contributed by atoms with E-state index in [0.717, 1.165) is 63.4 Å². The Balaban J connectivity index is 1.44. The molecule has 3 aliphatic rings. The summed E-state index contributed by atoms with van der Waals surface area (Å²) >= 11 is 0. The lowest BCUT2D eigenvalue weighted by Gasteiger charge is -2.21. The summed E-state index contributed by atoms with van der Waals surface area (Å²) in [6.45, 7) is 4.94. The molecule has 2 saturated heterocycles. The van der Waals surface area contributed by atoms with Crippen LogP contribution in [-0.4, -0.2) is 58.0 Å². The number of carbonyl (C=O) groups excluding carboxylic acids is 1. The molecule has 3 aliphatic heterocycles. The molecule has 0 bridgehead atoms.